The van der Waals surface area contributed by atoms with Crippen molar-refractivity contribution in [2.24, 2.45) is 5.10 Å². The molecule has 0 aromatic carbocycles. The quantitative estimate of drug-likeness (QED) is 0.561. The van der Waals surface area contributed by atoms with E-state index in [9.17, 15) is 13.6 Å². The van der Waals surface area contributed by atoms with Crippen LogP contribution in [0.15, 0.2) is 5.10 Å². The zero-order chi connectivity index (χ0) is 11.3. The summed E-state index contributed by atoms with van der Waals surface area (Å²) >= 11 is 0. The molecule has 1 heterocycles. The molecule has 0 saturated carbocycles. The van der Waals surface area contributed by atoms with Crippen molar-refractivity contribution in [2.75, 3.05) is 6.61 Å². The maximum atomic E-state index is 12.2. The maximum absolute atomic E-state index is 12.2. The lowest BCUT2D eigenvalue weighted by Gasteiger charge is -2.06. The summed E-state index contributed by atoms with van der Waals surface area (Å²) in [6, 6.07) is -1.06. The van der Waals surface area contributed by atoms with E-state index in [1.807, 2.05) is 6.92 Å². The third-order valence-electron chi connectivity index (χ3n) is 2.05. The molecule has 0 saturated heterocycles. The zero-order valence-corrected chi connectivity index (χ0v) is 8.50. The molecule has 86 valence electrons. The fourth-order valence-corrected chi connectivity index (χ4v) is 1.13. The normalized spacial score (nSPS) is 20.0. The Kier molecular flexibility index (Phi) is 4.45. The highest BCUT2D eigenvalue weighted by Gasteiger charge is 2.30. The summed E-state index contributed by atoms with van der Waals surface area (Å²) in [5, 5.41) is 3.53. The summed E-state index contributed by atoms with van der Waals surface area (Å²) < 4.78 is 29.2. The van der Waals surface area contributed by atoms with Gasteiger partial charge in [-0.25, -0.2) is 13.6 Å². The average Bonchev–Trinajstić information content (AvgIpc) is 2.66. The minimum Gasteiger partial charge on any atom is -0.461 e. The standard InChI is InChI=1S/C9H14F2N2O2/c1-2-3-4-15-9(14)7-5-6(8(10)11)12-13-7/h6,8,12H,2-5H2,1H3. The fraction of sp³-hybridized carbons (Fsp3) is 0.778. The number of carbonyl (C=O) groups excluding carboxylic acids is 1. The van der Waals surface area contributed by atoms with E-state index in [0.29, 0.717) is 6.61 Å². The first-order chi connectivity index (χ1) is 7.15. The number of rotatable bonds is 5. The van der Waals surface area contributed by atoms with E-state index in [-0.39, 0.29) is 12.1 Å². The molecule has 0 radical (unpaired) electrons. The van der Waals surface area contributed by atoms with Crippen molar-refractivity contribution < 1.29 is 18.3 Å². The van der Waals surface area contributed by atoms with Crippen molar-refractivity contribution in [3.63, 3.8) is 0 Å². The van der Waals surface area contributed by atoms with Crippen molar-refractivity contribution in [1.29, 1.82) is 0 Å². The summed E-state index contributed by atoms with van der Waals surface area (Å²) in [7, 11) is 0. The maximum Gasteiger partial charge on any atom is 0.354 e. The summed E-state index contributed by atoms with van der Waals surface area (Å²) in [5.74, 6) is -0.598. The van der Waals surface area contributed by atoms with E-state index < -0.39 is 18.4 Å². The Bertz CT molecular complexity index is 256. The smallest absolute Gasteiger partial charge is 0.354 e. The first-order valence-corrected chi connectivity index (χ1v) is 4.92. The molecule has 0 amide bonds. The van der Waals surface area contributed by atoms with E-state index in [1.54, 1.807) is 0 Å². The second-order valence-corrected chi connectivity index (χ2v) is 3.32. The number of ether oxygens (including phenoxy) is 1. The van der Waals surface area contributed by atoms with Crippen LogP contribution >= 0.6 is 0 Å². The van der Waals surface area contributed by atoms with Gasteiger partial charge in [-0.3, -0.25) is 0 Å². The monoisotopic (exact) mass is 220 g/mol. The molecule has 0 fully saturated rings. The minimum atomic E-state index is -2.52. The van der Waals surface area contributed by atoms with Gasteiger partial charge >= 0.3 is 5.97 Å². The van der Waals surface area contributed by atoms with Crippen molar-refractivity contribution in [2.45, 2.75) is 38.7 Å². The molecule has 0 spiro atoms. The molecule has 1 rings (SSSR count). The molecule has 1 unspecified atom stereocenters. The van der Waals surface area contributed by atoms with Crippen molar-refractivity contribution in [3.8, 4) is 0 Å². The van der Waals surface area contributed by atoms with Gasteiger partial charge in [-0.05, 0) is 6.42 Å². The molecule has 1 aliphatic heterocycles. The average molecular weight is 220 g/mol. The van der Waals surface area contributed by atoms with Crippen molar-refractivity contribution >= 4 is 11.7 Å². The summed E-state index contributed by atoms with van der Waals surface area (Å²) in [5.41, 5.74) is 2.27. The second-order valence-electron chi connectivity index (χ2n) is 3.32. The Labute approximate surface area is 86.7 Å². The molecule has 1 N–H and O–H groups in total. The Hall–Kier alpha value is -1.20. The van der Waals surface area contributed by atoms with Gasteiger partial charge in [-0.2, -0.15) is 5.10 Å². The molecule has 6 heteroatoms. The van der Waals surface area contributed by atoms with E-state index >= 15 is 0 Å². The van der Waals surface area contributed by atoms with Gasteiger partial charge in [0.25, 0.3) is 6.43 Å². The van der Waals surface area contributed by atoms with Crippen LogP contribution in [0, 0.1) is 0 Å². The van der Waals surface area contributed by atoms with Crippen molar-refractivity contribution in [1.82, 2.24) is 5.43 Å². The van der Waals surface area contributed by atoms with Crippen LogP contribution in [0.1, 0.15) is 26.2 Å². The zero-order valence-electron chi connectivity index (χ0n) is 8.50. The van der Waals surface area contributed by atoms with E-state index in [2.05, 4.69) is 10.5 Å². The predicted octanol–water partition coefficient (Wildman–Crippen LogP) is 1.31. The second kappa shape index (κ2) is 5.63. The number of hydrogen-bond donors (Lipinski definition) is 1. The van der Waals surface area contributed by atoms with Crippen LogP contribution in [-0.4, -0.2) is 30.8 Å². The van der Waals surface area contributed by atoms with Crippen LogP contribution in [0.3, 0.4) is 0 Å². The number of nitrogens with one attached hydrogen (secondary N) is 1. The summed E-state index contributed by atoms with van der Waals surface area (Å²) in [6.07, 6.45) is -0.903. The van der Waals surface area contributed by atoms with Crippen LogP contribution in [0.2, 0.25) is 0 Å². The van der Waals surface area contributed by atoms with Gasteiger partial charge in [0.2, 0.25) is 0 Å². The van der Waals surface area contributed by atoms with Gasteiger partial charge in [0.15, 0.2) is 0 Å². The number of alkyl halides is 2. The number of halogens is 2. The molecule has 0 aliphatic carbocycles. The van der Waals surface area contributed by atoms with Gasteiger partial charge in [0.05, 0.1) is 6.61 Å². The molecule has 1 aliphatic rings. The molecule has 1 atom stereocenters. The molecule has 0 aromatic heterocycles. The van der Waals surface area contributed by atoms with Gasteiger partial charge in [-0.1, -0.05) is 13.3 Å². The lowest BCUT2D eigenvalue weighted by molar-refractivity contribution is -0.135. The molecular formula is C9H14F2N2O2. The number of esters is 1. The molecule has 0 bridgehead atoms. The summed E-state index contributed by atoms with van der Waals surface area (Å²) in [6.45, 7) is 2.28. The number of nitrogens with zero attached hydrogens (tertiary/aromatic N) is 1. The van der Waals surface area contributed by atoms with Crippen LogP contribution in [0.25, 0.3) is 0 Å². The van der Waals surface area contributed by atoms with Gasteiger partial charge in [0, 0.05) is 6.42 Å². The van der Waals surface area contributed by atoms with Crippen molar-refractivity contribution in [3.05, 3.63) is 0 Å². The van der Waals surface area contributed by atoms with Gasteiger partial charge in [-0.15, -0.1) is 0 Å². The Balaban J connectivity index is 2.30. The largest absolute Gasteiger partial charge is 0.461 e. The molecule has 15 heavy (non-hydrogen) atoms. The highest BCUT2D eigenvalue weighted by Crippen LogP contribution is 2.12. The topological polar surface area (TPSA) is 50.7 Å². The highest BCUT2D eigenvalue weighted by atomic mass is 19.3. The Morgan fingerprint density at radius 3 is 3.00 bits per heavy atom. The molecule has 4 nitrogen and oxygen atoms in total. The third kappa shape index (κ3) is 3.45. The van der Waals surface area contributed by atoms with Crippen LogP contribution in [-0.2, 0) is 9.53 Å². The SMILES string of the molecule is CCCCOC(=O)C1=NNC(C(F)F)C1. The van der Waals surface area contributed by atoms with Crippen LogP contribution < -0.4 is 5.43 Å². The minimum absolute atomic E-state index is 0.0522. The number of carbonyl (C=O) groups is 1. The fourth-order valence-electron chi connectivity index (χ4n) is 1.13. The predicted molar refractivity (Wildman–Crippen MR) is 50.8 cm³/mol. The van der Waals surface area contributed by atoms with E-state index in [1.165, 1.54) is 0 Å². The first-order valence-electron chi connectivity index (χ1n) is 4.92. The third-order valence-corrected chi connectivity index (χ3v) is 2.05. The number of hydrazone groups is 1. The van der Waals surface area contributed by atoms with Gasteiger partial charge in [0.1, 0.15) is 11.8 Å². The number of hydrogen-bond acceptors (Lipinski definition) is 4. The van der Waals surface area contributed by atoms with E-state index in [0.717, 1.165) is 12.8 Å². The van der Waals surface area contributed by atoms with E-state index in [4.69, 9.17) is 4.74 Å². The lowest BCUT2D eigenvalue weighted by atomic mass is 10.2. The lowest BCUT2D eigenvalue weighted by Crippen LogP contribution is -2.28. The molecular weight excluding hydrogens is 206 g/mol. The highest BCUT2D eigenvalue weighted by molar-refractivity contribution is 6.36. The summed E-state index contributed by atoms with van der Waals surface area (Å²) in [4.78, 5) is 11.3. The number of unbranched alkanes of at least 4 members (excludes halogenated alkanes) is 1. The Morgan fingerprint density at radius 2 is 2.47 bits per heavy atom. The Morgan fingerprint density at radius 1 is 1.73 bits per heavy atom. The van der Waals surface area contributed by atoms with Crippen LogP contribution in [0.4, 0.5) is 8.78 Å². The molecule has 0 aromatic rings. The van der Waals surface area contributed by atoms with Gasteiger partial charge < -0.3 is 10.2 Å². The first kappa shape index (κ1) is 11.9. The van der Waals surface area contributed by atoms with Crippen LogP contribution in [0.5, 0.6) is 0 Å².